The van der Waals surface area contributed by atoms with Crippen molar-refractivity contribution in [1.29, 1.82) is 0 Å². The molecule has 7 heteroatoms. The van der Waals surface area contributed by atoms with Crippen LogP contribution in [0.15, 0.2) is 53.1 Å². The lowest BCUT2D eigenvalue weighted by atomic mass is 9.72. The van der Waals surface area contributed by atoms with Crippen molar-refractivity contribution in [2.24, 2.45) is 0 Å². The smallest absolute Gasteiger partial charge is 0.258 e. The fraction of sp³-hybridized carbons (Fsp3) is 0.300. The van der Waals surface area contributed by atoms with E-state index in [-0.39, 0.29) is 24.6 Å². The van der Waals surface area contributed by atoms with Crippen molar-refractivity contribution in [2.75, 3.05) is 19.9 Å². The third-order valence-electron chi connectivity index (χ3n) is 5.26. The highest BCUT2D eigenvalue weighted by Crippen LogP contribution is 2.40. The van der Waals surface area contributed by atoms with Gasteiger partial charge in [0.1, 0.15) is 0 Å². The molecule has 6 nitrogen and oxygen atoms in total. The first kappa shape index (κ1) is 17.8. The minimum Gasteiger partial charge on any atom is -0.454 e. The maximum Gasteiger partial charge on any atom is 0.258 e. The second-order valence-electron chi connectivity index (χ2n) is 6.69. The molecule has 0 spiro atoms. The SMILES string of the molecule is Cl.c1ccc(C2(c3noc(-c4ccc5c(c4)OCO5)n3)CCNCC2)cc1. The summed E-state index contributed by atoms with van der Waals surface area (Å²) in [5, 5.41) is 7.80. The maximum absolute atomic E-state index is 5.63. The van der Waals surface area contributed by atoms with Crippen molar-refractivity contribution in [3.8, 4) is 23.0 Å². The minimum atomic E-state index is -0.218. The minimum absolute atomic E-state index is 0. The number of benzene rings is 2. The van der Waals surface area contributed by atoms with E-state index in [0.717, 1.165) is 43.1 Å². The van der Waals surface area contributed by atoms with Crippen molar-refractivity contribution in [3.05, 3.63) is 59.9 Å². The van der Waals surface area contributed by atoms with E-state index in [4.69, 9.17) is 19.0 Å². The van der Waals surface area contributed by atoms with E-state index < -0.39 is 0 Å². The van der Waals surface area contributed by atoms with E-state index in [0.29, 0.717) is 11.6 Å². The van der Waals surface area contributed by atoms with Gasteiger partial charge in [0.25, 0.3) is 5.89 Å². The summed E-state index contributed by atoms with van der Waals surface area (Å²) in [6, 6.07) is 16.2. The van der Waals surface area contributed by atoms with Crippen molar-refractivity contribution in [2.45, 2.75) is 18.3 Å². The second-order valence-corrected chi connectivity index (χ2v) is 6.69. The molecule has 0 radical (unpaired) electrons. The Bertz CT molecular complexity index is 923. The standard InChI is InChI=1S/C20H19N3O3.ClH/c1-2-4-15(5-3-1)20(8-10-21-11-9-20)19-22-18(26-23-19)14-6-7-16-17(12-14)25-13-24-16;/h1-7,12,21H,8-11,13H2;1H. The number of nitrogens with one attached hydrogen (secondary N) is 1. The van der Waals surface area contributed by atoms with Gasteiger partial charge in [0.2, 0.25) is 6.79 Å². The zero-order valence-corrected chi connectivity index (χ0v) is 15.5. The number of piperidine rings is 1. The molecule has 27 heavy (non-hydrogen) atoms. The van der Waals surface area contributed by atoms with Crippen LogP contribution in [0.2, 0.25) is 0 Å². The van der Waals surface area contributed by atoms with Crippen molar-refractivity contribution in [1.82, 2.24) is 15.5 Å². The van der Waals surface area contributed by atoms with Crippen LogP contribution < -0.4 is 14.8 Å². The van der Waals surface area contributed by atoms with E-state index in [1.807, 2.05) is 24.3 Å². The van der Waals surface area contributed by atoms with Gasteiger partial charge in [-0.25, -0.2) is 0 Å². The van der Waals surface area contributed by atoms with Gasteiger partial charge in [0.15, 0.2) is 17.3 Å². The highest BCUT2D eigenvalue weighted by molar-refractivity contribution is 5.85. The molecule has 0 aliphatic carbocycles. The molecule has 0 atom stereocenters. The van der Waals surface area contributed by atoms with Gasteiger partial charge in [-0.1, -0.05) is 35.5 Å². The number of rotatable bonds is 3. The molecule has 2 aliphatic heterocycles. The van der Waals surface area contributed by atoms with Crippen LogP contribution in [-0.4, -0.2) is 30.0 Å². The van der Waals surface area contributed by atoms with Crippen LogP contribution in [-0.2, 0) is 5.41 Å². The van der Waals surface area contributed by atoms with E-state index in [2.05, 4.69) is 34.7 Å². The fourth-order valence-corrected chi connectivity index (χ4v) is 3.82. The zero-order chi connectivity index (χ0) is 17.4. The molecule has 1 fully saturated rings. The van der Waals surface area contributed by atoms with Gasteiger partial charge >= 0.3 is 0 Å². The molecule has 3 heterocycles. The molecule has 0 amide bonds. The Morgan fingerprint density at radius 3 is 2.52 bits per heavy atom. The summed E-state index contributed by atoms with van der Waals surface area (Å²) >= 11 is 0. The van der Waals surface area contributed by atoms with Crippen molar-refractivity contribution in [3.63, 3.8) is 0 Å². The van der Waals surface area contributed by atoms with Crippen molar-refractivity contribution < 1.29 is 14.0 Å². The van der Waals surface area contributed by atoms with E-state index >= 15 is 0 Å². The number of hydrogen-bond donors (Lipinski definition) is 1. The average Bonchev–Trinajstić information content (AvgIpc) is 3.38. The Hall–Kier alpha value is -2.57. The lowest BCUT2D eigenvalue weighted by Crippen LogP contribution is -2.41. The van der Waals surface area contributed by atoms with E-state index in [9.17, 15) is 0 Å². The molecule has 140 valence electrons. The lowest BCUT2D eigenvalue weighted by Gasteiger charge is -2.35. The number of aromatic nitrogens is 2. The molecule has 1 N–H and O–H groups in total. The first-order chi connectivity index (χ1) is 12.9. The monoisotopic (exact) mass is 385 g/mol. The van der Waals surface area contributed by atoms with E-state index in [1.54, 1.807) is 0 Å². The lowest BCUT2D eigenvalue weighted by molar-refractivity contribution is 0.174. The third-order valence-corrected chi connectivity index (χ3v) is 5.26. The third kappa shape index (κ3) is 3.05. The first-order valence-corrected chi connectivity index (χ1v) is 8.86. The molecule has 0 bridgehead atoms. The summed E-state index contributed by atoms with van der Waals surface area (Å²) in [6.07, 6.45) is 1.88. The van der Waals surface area contributed by atoms with Crippen LogP contribution >= 0.6 is 12.4 Å². The number of ether oxygens (including phenoxy) is 2. The Kier molecular flexibility index (Phi) is 4.76. The average molecular weight is 386 g/mol. The Morgan fingerprint density at radius 2 is 1.70 bits per heavy atom. The van der Waals surface area contributed by atoms with Crippen molar-refractivity contribution >= 4 is 12.4 Å². The van der Waals surface area contributed by atoms with Crippen LogP contribution in [0, 0.1) is 0 Å². The summed E-state index contributed by atoms with van der Waals surface area (Å²) in [4.78, 5) is 4.78. The van der Waals surface area contributed by atoms with Gasteiger partial charge in [-0.2, -0.15) is 4.98 Å². The fourth-order valence-electron chi connectivity index (χ4n) is 3.82. The molecule has 1 saturated heterocycles. The van der Waals surface area contributed by atoms with Gasteiger partial charge in [-0.3, -0.25) is 0 Å². The normalized spacial score (nSPS) is 17.3. The van der Waals surface area contributed by atoms with Gasteiger partial charge in [0, 0.05) is 5.56 Å². The van der Waals surface area contributed by atoms with Crippen LogP contribution in [0.3, 0.4) is 0 Å². The zero-order valence-electron chi connectivity index (χ0n) is 14.7. The first-order valence-electron chi connectivity index (χ1n) is 8.86. The molecular weight excluding hydrogens is 366 g/mol. The largest absolute Gasteiger partial charge is 0.454 e. The molecule has 5 rings (SSSR count). The van der Waals surface area contributed by atoms with Gasteiger partial charge in [-0.15, -0.1) is 12.4 Å². The highest BCUT2D eigenvalue weighted by Gasteiger charge is 2.40. The molecule has 3 aromatic rings. The van der Waals surface area contributed by atoms with Crippen LogP contribution in [0.5, 0.6) is 11.5 Å². The van der Waals surface area contributed by atoms with Gasteiger partial charge in [-0.05, 0) is 49.7 Å². The number of halogens is 1. The number of hydrogen-bond acceptors (Lipinski definition) is 6. The summed E-state index contributed by atoms with van der Waals surface area (Å²) in [6.45, 7) is 2.11. The van der Waals surface area contributed by atoms with E-state index in [1.165, 1.54) is 5.56 Å². The molecule has 2 aliphatic rings. The quantitative estimate of drug-likeness (QED) is 0.743. The highest BCUT2D eigenvalue weighted by atomic mass is 35.5. The molecule has 0 unspecified atom stereocenters. The topological polar surface area (TPSA) is 69.4 Å². The predicted molar refractivity (Wildman–Crippen MR) is 102 cm³/mol. The maximum atomic E-state index is 5.63. The summed E-state index contributed by atoms with van der Waals surface area (Å²) in [5.41, 5.74) is 1.86. The second kappa shape index (κ2) is 7.21. The molecular formula is C20H20ClN3O3. The Labute approximate surface area is 163 Å². The molecule has 1 aromatic heterocycles. The Morgan fingerprint density at radius 1 is 0.926 bits per heavy atom. The van der Waals surface area contributed by atoms with Crippen LogP contribution in [0.4, 0.5) is 0 Å². The molecule has 0 saturated carbocycles. The van der Waals surface area contributed by atoms with Gasteiger partial charge in [0.05, 0.1) is 5.41 Å². The van der Waals surface area contributed by atoms with Crippen LogP contribution in [0.25, 0.3) is 11.5 Å². The summed E-state index contributed by atoms with van der Waals surface area (Å²) in [7, 11) is 0. The van der Waals surface area contributed by atoms with Gasteiger partial charge < -0.3 is 19.3 Å². The predicted octanol–water partition coefficient (Wildman–Crippen LogP) is 3.56. The number of fused-ring (bicyclic) bond motifs is 1. The number of nitrogens with zero attached hydrogens (tertiary/aromatic N) is 2. The summed E-state index contributed by atoms with van der Waals surface area (Å²) in [5.74, 6) is 2.71. The van der Waals surface area contributed by atoms with Crippen LogP contribution in [0.1, 0.15) is 24.2 Å². The Balaban J connectivity index is 0.00000180. The summed E-state index contributed by atoms with van der Waals surface area (Å²) < 4.78 is 16.5. The molecule has 2 aromatic carbocycles.